The van der Waals surface area contributed by atoms with E-state index in [-0.39, 0.29) is 12.1 Å². The predicted molar refractivity (Wildman–Crippen MR) is 112 cm³/mol. The van der Waals surface area contributed by atoms with Gasteiger partial charge in [-0.2, -0.15) is 5.10 Å². The molecule has 0 unspecified atom stereocenters. The van der Waals surface area contributed by atoms with Gasteiger partial charge in [-0.15, -0.1) is 0 Å². The molecule has 7 nitrogen and oxygen atoms in total. The molecule has 9 heteroatoms. The van der Waals surface area contributed by atoms with Crippen molar-refractivity contribution in [3.8, 4) is 22.6 Å². The molecule has 0 fully saturated rings. The van der Waals surface area contributed by atoms with Gasteiger partial charge in [0.1, 0.15) is 11.5 Å². The number of hydrogen-bond donors (Lipinski definition) is 1. The highest BCUT2D eigenvalue weighted by atomic mass is 19.2. The van der Waals surface area contributed by atoms with Gasteiger partial charge in [0, 0.05) is 35.9 Å². The maximum Gasteiger partial charge on any atom is 0.182 e. The average Bonchev–Trinajstić information content (AvgIpc) is 3.16. The second kappa shape index (κ2) is 7.52. The second-order valence-electron chi connectivity index (χ2n) is 6.82. The number of halogens is 2. The van der Waals surface area contributed by atoms with Crippen LogP contribution < -0.4 is 5.73 Å². The van der Waals surface area contributed by atoms with Crippen LogP contribution in [0.15, 0.2) is 67.3 Å². The summed E-state index contributed by atoms with van der Waals surface area (Å²) in [6.45, 7) is 0.00167. The topological polar surface area (TPSA) is 95.4 Å². The van der Waals surface area contributed by atoms with Gasteiger partial charge in [0.05, 0.1) is 11.9 Å². The number of rotatable bonds is 4. The second-order valence-corrected chi connectivity index (χ2v) is 6.82. The lowest BCUT2D eigenvalue weighted by molar-refractivity contribution is 0.493. The monoisotopic (exact) mass is 415 g/mol. The molecular formula is C22H15F2N7. The summed E-state index contributed by atoms with van der Waals surface area (Å²) < 4.78 is 29.3. The number of nitrogens with two attached hydrogens (primary N) is 1. The Balaban J connectivity index is 1.60. The molecule has 5 aromatic rings. The standard InChI is InChI=1S/C22H15F2N7/c23-17-5-1-3-14(18(17)24)12-31-22-15(4-2-8-27-22)19(30-31)21-28-11-16(20(25)29-21)13-6-9-26-10-7-13/h1-11H,12H2,(H2,25,28,29). The lowest BCUT2D eigenvalue weighted by Gasteiger charge is -2.06. The summed E-state index contributed by atoms with van der Waals surface area (Å²) in [6, 6.07) is 11.2. The molecule has 31 heavy (non-hydrogen) atoms. The third kappa shape index (κ3) is 3.35. The van der Waals surface area contributed by atoms with Gasteiger partial charge in [0.15, 0.2) is 23.1 Å². The molecule has 0 saturated carbocycles. The molecule has 0 saturated heterocycles. The van der Waals surface area contributed by atoms with E-state index in [9.17, 15) is 8.78 Å². The van der Waals surface area contributed by atoms with Crippen LogP contribution in [0, 0.1) is 11.6 Å². The van der Waals surface area contributed by atoms with Gasteiger partial charge in [-0.3, -0.25) is 4.98 Å². The summed E-state index contributed by atoms with van der Waals surface area (Å²) in [5, 5.41) is 5.22. The van der Waals surface area contributed by atoms with Gasteiger partial charge in [0.2, 0.25) is 0 Å². The normalized spacial score (nSPS) is 11.2. The minimum Gasteiger partial charge on any atom is -0.383 e. The Labute approximate surface area is 175 Å². The molecule has 0 amide bonds. The van der Waals surface area contributed by atoms with E-state index in [1.165, 1.54) is 16.8 Å². The first-order valence-corrected chi connectivity index (χ1v) is 9.39. The van der Waals surface area contributed by atoms with E-state index in [0.29, 0.717) is 33.9 Å². The number of anilines is 1. The lowest BCUT2D eigenvalue weighted by atomic mass is 10.1. The van der Waals surface area contributed by atoms with Crippen LogP contribution >= 0.6 is 0 Å². The van der Waals surface area contributed by atoms with E-state index in [2.05, 4.69) is 25.0 Å². The highest BCUT2D eigenvalue weighted by molar-refractivity contribution is 5.89. The van der Waals surface area contributed by atoms with Gasteiger partial charge in [-0.05, 0) is 35.9 Å². The number of nitrogens with zero attached hydrogens (tertiary/aromatic N) is 6. The van der Waals surface area contributed by atoms with Crippen molar-refractivity contribution in [1.29, 1.82) is 0 Å². The van der Waals surface area contributed by atoms with Crippen molar-refractivity contribution in [2.45, 2.75) is 6.54 Å². The van der Waals surface area contributed by atoms with Crippen LogP contribution in [0.5, 0.6) is 0 Å². The van der Waals surface area contributed by atoms with Crippen molar-refractivity contribution in [3.05, 3.63) is 84.4 Å². The summed E-state index contributed by atoms with van der Waals surface area (Å²) in [4.78, 5) is 17.2. The van der Waals surface area contributed by atoms with E-state index in [0.717, 1.165) is 11.6 Å². The SMILES string of the molecule is Nc1nc(-c2nn(Cc3cccc(F)c3F)c3ncccc23)ncc1-c1ccncc1. The van der Waals surface area contributed by atoms with Crippen LogP contribution in [-0.2, 0) is 6.54 Å². The van der Waals surface area contributed by atoms with E-state index < -0.39 is 11.6 Å². The smallest absolute Gasteiger partial charge is 0.182 e. The van der Waals surface area contributed by atoms with Gasteiger partial charge < -0.3 is 5.73 Å². The first kappa shape index (κ1) is 18.7. The summed E-state index contributed by atoms with van der Waals surface area (Å²) in [6.07, 6.45) is 6.55. The van der Waals surface area contributed by atoms with Crippen LogP contribution in [0.25, 0.3) is 33.7 Å². The van der Waals surface area contributed by atoms with E-state index >= 15 is 0 Å². The van der Waals surface area contributed by atoms with Crippen molar-refractivity contribution in [2.24, 2.45) is 0 Å². The number of aromatic nitrogens is 6. The first-order valence-electron chi connectivity index (χ1n) is 9.39. The molecule has 4 aromatic heterocycles. The van der Waals surface area contributed by atoms with Crippen LogP contribution in [0.3, 0.4) is 0 Å². The van der Waals surface area contributed by atoms with Crippen LogP contribution in [0.2, 0.25) is 0 Å². The summed E-state index contributed by atoms with van der Waals surface area (Å²) >= 11 is 0. The fourth-order valence-corrected chi connectivity index (χ4v) is 3.38. The van der Waals surface area contributed by atoms with E-state index in [1.807, 2.05) is 18.2 Å². The third-order valence-corrected chi connectivity index (χ3v) is 4.88. The molecule has 1 aromatic carbocycles. The number of pyridine rings is 2. The molecule has 0 aliphatic heterocycles. The van der Waals surface area contributed by atoms with Crippen molar-refractivity contribution in [1.82, 2.24) is 29.7 Å². The highest BCUT2D eigenvalue weighted by Gasteiger charge is 2.18. The lowest BCUT2D eigenvalue weighted by Crippen LogP contribution is -2.06. The zero-order chi connectivity index (χ0) is 21.4. The van der Waals surface area contributed by atoms with Gasteiger partial charge >= 0.3 is 0 Å². The minimum atomic E-state index is -0.912. The molecule has 152 valence electrons. The molecule has 0 aliphatic rings. The molecule has 5 rings (SSSR count). The van der Waals surface area contributed by atoms with Crippen molar-refractivity contribution >= 4 is 16.9 Å². The predicted octanol–water partition coefficient (Wildman–Crippen LogP) is 3.86. The van der Waals surface area contributed by atoms with Gasteiger partial charge in [0.25, 0.3) is 0 Å². The maximum atomic E-state index is 14.2. The highest BCUT2D eigenvalue weighted by Crippen LogP contribution is 2.29. The number of fused-ring (bicyclic) bond motifs is 1. The Morgan fingerprint density at radius 1 is 0.935 bits per heavy atom. The summed E-state index contributed by atoms with van der Waals surface area (Å²) in [5.41, 5.74) is 8.82. The first-order chi connectivity index (χ1) is 15.1. The molecule has 4 heterocycles. The molecular weight excluding hydrogens is 400 g/mol. The number of benzene rings is 1. The Kier molecular flexibility index (Phi) is 4.55. The summed E-state index contributed by atoms with van der Waals surface area (Å²) in [5.74, 6) is -1.22. The van der Waals surface area contributed by atoms with Crippen LogP contribution in [0.4, 0.5) is 14.6 Å². The van der Waals surface area contributed by atoms with Gasteiger partial charge in [-0.25, -0.2) is 28.4 Å². The summed E-state index contributed by atoms with van der Waals surface area (Å²) in [7, 11) is 0. The fourth-order valence-electron chi connectivity index (χ4n) is 3.38. The molecule has 0 radical (unpaired) electrons. The molecule has 0 atom stereocenters. The van der Waals surface area contributed by atoms with Crippen molar-refractivity contribution < 1.29 is 8.78 Å². The Bertz CT molecular complexity index is 1400. The number of nitrogen functional groups attached to an aromatic ring is 1. The molecule has 0 aliphatic carbocycles. The third-order valence-electron chi connectivity index (χ3n) is 4.88. The van der Waals surface area contributed by atoms with Crippen LogP contribution in [0.1, 0.15) is 5.56 Å². The number of hydrogen-bond acceptors (Lipinski definition) is 6. The largest absolute Gasteiger partial charge is 0.383 e. The van der Waals surface area contributed by atoms with E-state index in [1.54, 1.807) is 30.9 Å². The zero-order valence-electron chi connectivity index (χ0n) is 16.1. The average molecular weight is 415 g/mol. The molecule has 0 spiro atoms. The zero-order valence-corrected chi connectivity index (χ0v) is 16.1. The Morgan fingerprint density at radius 3 is 2.58 bits per heavy atom. The quantitative estimate of drug-likeness (QED) is 0.479. The van der Waals surface area contributed by atoms with Crippen molar-refractivity contribution in [3.63, 3.8) is 0 Å². The van der Waals surface area contributed by atoms with Crippen molar-refractivity contribution in [2.75, 3.05) is 5.73 Å². The maximum absolute atomic E-state index is 14.2. The van der Waals surface area contributed by atoms with Gasteiger partial charge in [-0.1, -0.05) is 12.1 Å². The van der Waals surface area contributed by atoms with E-state index in [4.69, 9.17) is 5.73 Å². The molecule has 2 N–H and O–H groups in total. The van der Waals surface area contributed by atoms with Crippen LogP contribution in [-0.4, -0.2) is 29.7 Å². The molecule has 0 bridgehead atoms. The Hall–Kier alpha value is -4.27. The minimum absolute atomic E-state index is 0.00167. The fraction of sp³-hybridized carbons (Fsp3) is 0.0455. The Morgan fingerprint density at radius 2 is 1.77 bits per heavy atom.